The molecule has 264 valence electrons. The third kappa shape index (κ3) is 9.22. The summed E-state index contributed by atoms with van der Waals surface area (Å²) in [7, 11) is 1.37. The van der Waals surface area contributed by atoms with Gasteiger partial charge >= 0.3 is 12.1 Å². The zero-order chi connectivity index (χ0) is 36.0. The van der Waals surface area contributed by atoms with Crippen molar-refractivity contribution in [2.24, 2.45) is 5.92 Å². The molecular weight excluding hydrogens is 642 g/mol. The molecule has 1 atom stereocenters. The standard InChI is InChI=1S/C42H45N3O6/c1-42(2,3)51-41(48)45-33-16-11-30(12-17-33)39(46)44-34(24-27-9-10-28-7-5-6-8-31(28)23-27)26-50-35-18-13-29(14-19-35)32-15-20-38-37(25-32)36(21-22-43-38)40(47)49-4/h5-10,13-15,18-23,25,30,33-34H,11-12,16-17,24,26H2,1-4H3,(H,44,46)(H,45,48)/t30?,33?,34-/m0/s1. The molecule has 1 aliphatic carbocycles. The third-order valence-electron chi connectivity index (χ3n) is 9.25. The van der Waals surface area contributed by atoms with E-state index < -0.39 is 17.7 Å². The fourth-order valence-corrected chi connectivity index (χ4v) is 6.65. The summed E-state index contributed by atoms with van der Waals surface area (Å²) in [4.78, 5) is 42.6. The minimum Gasteiger partial charge on any atom is -0.491 e. The largest absolute Gasteiger partial charge is 0.491 e. The number of ether oxygens (including phenoxy) is 3. The predicted molar refractivity (Wildman–Crippen MR) is 199 cm³/mol. The lowest BCUT2D eigenvalue weighted by atomic mass is 9.85. The van der Waals surface area contributed by atoms with Crippen molar-refractivity contribution in [3.05, 3.63) is 108 Å². The minimum atomic E-state index is -0.558. The molecular formula is C42H45N3O6. The molecule has 51 heavy (non-hydrogen) atoms. The van der Waals surface area contributed by atoms with E-state index in [4.69, 9.17) is 14.2 Å². The van der Waals surface area contributed by atoms with Crippen molar-refractivity contribution < 1.29 is 28.6 Å². The van der Waals surface area contributed by atoms with E-state index in [1.165, 1.54) is 12.5 Å². The van der Waals surface area contributed by atoms with Gasteiger partial charge in [0.2, 0.25) is 5.91 Å². The highest BCUT2D eigenvalue weighted by Gasteiger charge is 2.29. The maximum atomic E-state index is 13.6. The van der Waals surface area contributed by atoms with Gasteiger partial charge in [0.15, 0.2) is 0 Å². The summed E-state index contributed by atoms with van der Waals surface area (Å²) >= 11 is 0. The topological polar surface area (TPSA) is 116 Å². The lowest BCUT2D eigenvalue weighted by Crippen LogP contribution is -2.46. The second-order valence-corrected chi connectivity index (χ2v) is 14.2. The molecule has 9 nitrogen and oxygen atoms in total. The number of carbonyl (C=O) groups is 3. The first-order valence-electron chi connectivity index (χ1n) is 17.5. The highest BCUT2D eigenvalue weighted by Crippen LogP contribution is 2.29. The number of aromatic nitrogens is 1. The Morgan fingerprint density at radius 3 is 2.29 bits per heavy atom. The molecule has 0 aliphatic heterocycles. The smallest absolute Gasteiger partial charge is 0.407 e. The molecule has 1 aromatic heterocycles. The van der Waals surface area contributed by atoms with Crippen LogP contribution in [-0.4, -0.2) is 54.4 Å². The van der Waals surface area contributed by atoms with Gasteiger partial charge in [-0.05, 0) is 111 Å². The maximum Gasteiger partial charge on any atom is 0.407 e. The van der Waals surface area contributed by atoms with Gasteiger partial charge in [0.05, 0.1) is 24.2 Å². The van der Waals surface area contributed by atoms with E-state index in [0.717, 1.165) is 27.5 Å². The lowest BCUT2D eigenvalue weighted by Gasteiger charge is -2.30. The fraction of sp³-hybridized carbons (Fsp3) is 0.333. The molecule has 4 aromatic carbocycles. The molecule has 1 aliphatic rings. The van der Waals surface area contributed by atoms with Crippen LogP contribution in [0.15, 0.2) is 97.2 Å². The number of alkyl carbamates (subject to hydrolysis) is 1. The molecule has 9 heteroatoms. The summed E-state index contributed by atoms with van der Waals surface area (Å²) in [6, 6.07) is 29.6. The maximum absolute atomic E-state index is 13.6. The molecule has 1 saturated carbocycles. The molecule has 0 spiro atoms. The molecule has 0 unspecified atom stereocenters. The molecule has 1 heterocycles. The van der Waals surface area contributed by atoms with Gasteiger partial charge in [-0.1, -0.05) is 60.7 Å². The van der Waals surface area contributed by atoms with Crippen molar-refractivity contribution in [1.82, 2.24) is 15.6 Å². The zero-order valence-corrected chi connectivity index (χ0v) is 29.6. The minimum absolute atomic E-state index is 0.00701. The van der Waals surface area contributed by atoms with E-state index >= 15 is 0 Å². The number of carbonyl (C=O) groups excluding carboxylic acids is 3. The average molecular weight is 688 g/mol. The van der Waals surface area contributed by atoms with Crippen LogP contribution in [0.1, 0.15) is 62.4 Å². The third-order valence-corrected chi connectivity index (χ3v) is 9.25. The van der Waals surface area contributed by atoms with Crippen LogP contribution in [0.5, 0.6) is 5.75 Å². The van der Waals surface area contributed by atoms with Crippen molar-refractivity contribution in [1.29, 1.82) is 0 Å². The number of nitrogens with zero attached hydrogens (tertiary/aromatic N) is 1. The summed E-state index contributed by atoms with van der Waals surface area (Å²) in [6.45, 7) is 5.82. The fourth-order valence-electron chi connectivity index (χ4n) is 6.65. The van der Waals surface area contributed by atoms with E-state index in [0.29, 0.717) is 48.9 Å². The number of methoxy groups -OCH3 is 1. The quantitative estimate of drug-likeness (QED) is 0.143. The summed E-state index contributed by atoms with van der Waals surface area (Å²) in [5.41, 5.74) is 3.63. The van der Waals surface area contributed by atoms with Crippen LogP contribution in [0, 0.1) is 5.92 Å². The predicted octanol–water partition coefficient (Wildman–Crippen LogP) is 8.03. The lowest BCUT2D eigenvalue weighted by molar-refractivity contribution is -0.127. The molecule has 2 N–H and O–H groups in total. The van der Waals surface area contributed by atoms with Gasteiger partial charge in [0.25, 0.3) is 0 Å². The normalized spacial score (nSPS) is 16.6. The number of fused-ring (bicyclic) bond motifs is 2. The molecule has 6 rings (SSSR count). The van der Waals surface area contributed by atoms with Crippen molar-refractivity contribution >= 4 is 39.6 Å². The summed E-state index contributed by atoms with van der Waals surface area (Å²) in [5, 5.41) is 9.29. The van der Waals surface area contributed by atoms with Crippen LogP contribution in [0.3, 0.4) is 0 Å². The van der Waals surface area contributed by atoms with Gasteiger partial charge in [-0.25, -0.2) is 9.59 Å². The summed E-state index contributed by atoms with van der Waals surface area (Å²) in [6.07, 6.45) is 4.59. The van der Waals surface area contributed by atoms with Gasteiger partial charge in [-0.15, -0.1) is 0 Å². The van der Waals surface area contributed by atoms with E-state index in [2.05, 4.69) is 45.9 Å². The van der Waals surface area contributed by atoms with E-state index in [1.54, 1.807) is 12.3 Å². The second kappa shape index (κ2) is 15.6. The van der Waals surface area contributed by atoms with Gasteiger partial charge in [-0.3, -0.25) is 9.78 Å². The van der Waals surface area contributed by atoms with Gasteiger partial charge in [-0.2, -0.15) is 0 Å². The molecule has 5 aromatic rings. The molecule has 2 amide bonds. The monoisotopic (exact) mass is 687 g/mol. The number of esters is 1. The van der Waals surface area contributed by atoms with Crippen LogP contribution < -0.4 is 15.4 Å². The van der Waals surface area contributed by atoms with Crippen molar-refractivity contribution in [2.75, 3.05) is 13.7 Å². The van der Waals surface area contributed by atoms with E-state index in [-0.39, 0.29) is 30.5 Å². The van der Waals surface area contributed by atoms with E-state index in [1.807, 2.05) is 75.4 Å². The highest BCUT2D eigenvalue weighted by molar-refractivity contribution is 6.04. The SMILES string of the molecule is COC(=O)c1ccnc2ccc(-c3ccc(OC[C@H](Cc4ccc5ccccc5c4)NC(=O)C4CCC(NC(=O)OC(C)(C)C)CC4)cc3)cc12. The first kappa shape index (κ1) is 35.4. The van der Waals surface area contributed by atoms with Gasteiger partial charge < -0.3 is 24.8 Å². The molecule has 1 fully saturated rings. The van der Waals surface area contributed by atoms with Gasteiger partial charge in [0, 0.05) is 23.5 Å². The number of pyridine rings is 1. The Kier molecular flexibility index (Phi) is 10.8. The van der Waals surface area contributed by atoms with Crippen LogP contribution >= 0.6 is 0 Å². The first-order chi connectivity index (χ1) is 24.5. The highest BCUT2D eigenvalue weighted by atomic mass is 16.6. The Hall–Kier alpha value is -5.44. The number of amides is 2. The van der Waals surface area contributed by atoms with Crippen molar-refractivity contribution in [3.8, 4) is 16.9 Å². The summed E-state index contributed by atoms with van der Waals surface area (Å²) < 4.78 is 16.7. The van der Waals surface area contributed by atoms with Crippen LogP contribution in [0.4, 0.5) is 4.79 Å². The van der Waals surface area contributed by atoms with Crippen LogP contribution in [0.2, 0.25) is 0 Å². The first-order valence-corrected chi connectivity index (χ1v) is 17.5. The second-order valence-electron chi connectivity index (χ2n) is 14.2. The molecule has 0 saturated heterocycles. The number of hydrogen-bond donors (Lipinski definition) is 2. The number of rotatable bonds is 10. The number of benzene rings is 4. The number of hydrogen-bond acceptors (Lipinski definition) is 7. The van der Waals surface area contributed by atoms with E-state index in [9.17, 15) is 14.4 Å². The Labute approximate surface area is 298 Å². The Morgan fingerprint density at radius 2 is 1.57 bits per heavy atom. The number of nitrogens with one attached hydrogen (secondary N) is 2. The molecule has 0 radical (unpaired) electrons. The average Bonchev–Trinajstić information content (AvgIpc) is 3.12. The van der Waals surface area contributed by atoms with Gasteiger partial charge in [0.1, 0.15) is 18.0 Å². The van der Waals surface area contributed by atoms with Crippen LogP contribution in [-0.2, 0) is 20.7 Å². The Balaban J connectivity index is 1.12. The Bertz CT molecular complexity index is 2010. The van der Waals surface area contributed by atoms with Crippen molar-refractivity contribution in [2.45, 2.75) is 70.6 Å². The Morgan fingerprint density at radius 1 is 0.843 bits per heavy atom. The summed E-state index contributed by atoms with van der Waals surface area (Å²) in [5.74, 6) is 0.143. The van der Waals surface area contributed by atoms with Crippen molar-refractivity contribution in [3.63, 3.8) is 0 Å². The molecule has 0 bridgehead atoms. The van der Waals surface area contributed by atoms with Crippen LogP contribution in [0.25, 0.3) is 32.8 Å². The zero-order valence-electron chi connectivity index (χ0n) is 29.6.